The molecule has 0 N–H and O–H groups in total. The fraction of sp³-hybridized carbons (Fsp3) is 0.385. The second kappa shape index (κ2) is 5.69. The van der Waals surface area contributed by atoms with Crippen molar-refractivity contribution < 1.29 is 18.7 Å². The van der Waals surface area contributed by atoms with Gasteiger partial charge in [-0.3, -0.25) is 4.79 Å². The Bertz CT molecular complexity index is 467. The van der Waals surface area contributed by atoms with Crippen molar-refractivity contribution in [2.75, 3.05) is 33.3 Å². The fourth-order valence-electron chi connectivity index (χ4n) is 2.00. The van der Waals surface area contributed by atoms with Crippen molar-refractivity contribution >= 4 is 12.0 Å². The second-order valence-corrected chi connectivity index (χ2v) is 4.26. The topological polar surface area (TPSA) is 49.9 Å². The highest BCUT2D eigenvalue weighted by atomic mass is 19.1. The molecular formula is C13H15FN2O3. The molecule has 0 atom stereocenters. The summed E-state index contributed by atoms with van der Waals surface area (Å²) in [4.78, 5) is 26.6. The van der Waals surface area contributed by atoms with E-state index in [1.54, 1.807) is 9.80 Å². The smallest absolute Gasteiger partial charge is 0.409 e. The predicted octanol–water partition coefficient (Wildman–Crippen LogP) is 1.35. The molecule has 1 aromatic carbocycles. The maximum absolute atomic E-state index is 12.8. The van der Waals surface area contributed by atoms with Gasteiger partial charge >= 0.3 is 6.09 Å². The first-order valence-electron chi connectivity index (χ1n) is 5.99. The molecule has 6 heteroatoms. The van der Waals surface area contributed by atoms with Crippen molar-refractivity contribution in [2.24, 2.45) is 0 Å². The molecule has 1 saturated heterocycles. The van der Waals surface area contributed by atoms with Crippen LogP contribution >= 0.6 is 0 Å². The van der Waals surface area contributed by atoms with Gasteiger partial charge in [0.25, 0.3) is 5.91 Å². The largest absolute Gasteiger partial charge is 0.453 e. The Hall–Kier alpha value is -2.11. The Morgan fingerprint density at radius 3 is 2.11 bits per heavy atom. The number of methoxy groups -OCH3 is 1. The van der Waals surface area contributed by atoms with E-state index in [0.29, 0.717) is 31.7 Å². The number of nitrogens with zero attached hydrogens (tertiary/aromatic N) is 2. The lowest BCUT2D eigenvalue weighted by molar-refractivity contribution is 0.0599. The number of hydrogen-bond donors (Lipinski definition) is 0. The van der Waals surface area contributed by atoms with Gasteiger partial charge in [0, 0.05) is 31.7 Å². The van der Waals surface area contributed by atoms with Crippen molar-refractivity contribution in [2.45, 2.75) is 0 Å². The number of ether oxygens (including phenoxy) is 1. The number of piperazine rings is 1. The first-order valence-corrected chi connectivity index (χ1v) is 5.99. The van der Waals surface area contributed by atoms with Crippen molar-refractivity contribution in [1.82, 2.24) is 9.80 Å². The minimum Gasteiger partial charge on any atom is -0.453 e. The summed E-state index contributed by atoms with van der Waals surface area (Å²) in [5, 5.41) is 0. The van der Waals surface area contributed by atoms with Crippen LogP contribution in [0, 0.1) is 5.82 Å². The highest BCUT2D eigenvalue weighted by Crippen LogP contribution is 2.10. The van der Waals surface area contributed by atoms with E-state index in [1.807, 2.05) is 0 Å². The lowest BCUT2D eigenvalue weighted by atomic mass is 10.2. The molecule has 0 spiro atoms. The first-order chi connectivity index (χ1) is 9.11. The summed E-state index contributed by atoms with van der Waals surface area (Å²) in [6.07, 6.45) is -0.381. The summed E-state index contributed by atoms with van der Waals surface area (Å²) < 4.78 is 17.4. The van der Waals surface area contributed by atoms with Gasteiger partial charge in [0.15, 0.2) is 0 Å². The predicted molar refractivity (Wildman–Crippen MR) is 66.3 cm³/mol. The summed E-state index contributed by atoms with van der Waals surface area (Å²) in [6.45, 7) is 1.79. The van der Waals surface area contributed by atoms with Gasteiger partial charge in [0.1, 0.15) is 5.82 Å². The first kappa shape index (κ1) is 13.3. The second-order valence-electron chi connectivity index (χ2n) is 4.26. The third kappa shape index (κ3) is 3.01. The minimum atomic E-state index is -0.381. The molecule has 0 aliphatic carbocycles. The van der Waals surface area contributed by atoms with Crippen LogP contribution in [0.3, 0.4) is 0 Å². The summed E-state index contributed by atoms with van der Waals surface area (Å²) in [6, 6.07) is 5.45. The summed E-state index contributed by atoms with van der Waals surface area (Å²) in [5.41, 5.74) is 0.452. The van der Waals surface area contributed by atoms with Crippen molar-refractivity contribution in [3.05, 3.63) is 35.6 Å². The normalized spacial score (nSPS) is 15.3. The molecule has 0 radical (unpaired) electrons. The number of carbonyl (C=O) groups excluding carboxylic acids is 2. The molecule has 0 unspecified atom stereocenters. The molecule has 0 saturated carbocycles. The molecule has 0 aromatic heterocycles. The van der Waals surface area contributed by atoms with Crippen LogP contribution in [-0.4, -0.2) is 55.1 Å². The Balaban J connectivity index is 1.96. The van der Waals surface area contributed by atoms with Crippen molar-refractivity contribution in [3.63, 3.8) is 0 Å². The zero-order chi connectivity index (χ0) is 13.8. The molecular weight excluding hydrogens is 251 g/mol. The fourth-order valence-corrected chi connectivity index (χ4v) is 2.00. The molecule has 1 aliphatic rings. The van der Waals surface area contributed by atoms with Crippen LogP contribution in [0.2, 0.25) is 0 Å². The highest BCUT2D eigenvalue weighted by molar-refractivity contribution is 5.94. The molecule has 102 valence electrons. The van der Waals surface area contributed by atoms with Crippen LogP contribution in [0.4, 0.5) is 9.18 Å². The third-order valence-electron chi connectivity index (χ3n) is 3.09. The molecule has 1 aliphatic heterocycles. The van der Waals surface area contributed by atoms with E-state index in [1.165, 1.54) is 31.4 Å². The Kier molecular flexibility index (Phi) is 3.99. The molecule has 2 amide bonds. The van der Waals surface area contributed by atoms with Gasteiger partial charge in [0.2, 0.25) is 0 Å². The summed E-state index contributed by atoms with van der Waals surface area (Å²) in [7, 11) is 1.33. The Morgan fingerprint density at radius 2 is 1.58 bits per heavy atom. The van der Waals surface area contributed by atoms with Gasteiger partial charge in [-0.05, 0) is 24.3 Å². The Morgan fingerprint density at radius 1 is 1.05 bits per heavy atom. The van der Waals surface area contributed by atoms with Gasteiger partial charge in [-0.15, -0.1) is 0 Å². The molecule has 1 heterocycles. The van der Waals surface area contributed by atoms with E-state index in [9.17, 15) is 14.0 Å². The lowest BCUT2D eigenvalue weighted by Crippen LogP contribution is -2.50. The maximum atomic E-state index is 12.8. The van der Waals surface area contributed by atoms with Crippen LogP contribution in [0.1, 0.15) is 10.4 Å². The molecule has 5 nitrogen and oxygen atoms in total. The van der Waals surface area contributed by atoms with E-state index in [2.05, 4.69) is 4.74 Å². The molecule has 1 aromatic rings. The summed E-state index contributed by atoms with van der Waals surface area (Å²) in [5.74, 6) is -0.517. The van der Waals surface area contributed by atoms with E-state index in [-0.39, 0.29) is 17.8 Å². The monoisotopic (exact) mass is 266 g/mol. The minimum absolute atomic E-state index is 0.149. The van der Waals surface area contributed by atoms with Gasteiger partial charge < -0.3 is 14.5 Å². The van der Waals surface area contributed by atoms with Gasteiger partial charge in [-0.25, -0.2) is 9.18 Å². The van der Waals surface area contributed by atoms with Crippen molar-refractivity contribution in [3.8, 4) is 0 Å². The number of carbonyl (C=O) groups is 2. The highest BCUT2D eigenvalue weighted by Gasteiger charge is 2.25. The zero-order valence-electron chi connectivity index (χ0n) is 10.6. The average Bonchev–Trinajstić information content (AvgIpc) is 2.46. The van der Waals surface area contributed by atoms with Crippen molar-refractivity contribution in [1.29, 1.82) is 0 Å². The van der Waals surface area contributed by atoms with Crippen LogP contribution in [-0.2, 0) is 4.74 Å². The number of halogens is 1. The zero-order valence-corrected chi connectivity index (χ0v) is 10.6. The van der Waals surface area contributed by atoms with Crippen LogP contribution in [0.5, 0.6) is 0 Å². The third-order valence-corrected chi connectivity index (χ3v) is 3.09. The molecule has 2 rings (SSSR count). The molecule has 1 fully saturated rings. The Labute approximate surface area is 110 Å². The maximum Gasteiger partial charge on any atom is 0.409 e. The van der Waals surface area contributed by atoms with Gasteiger partial charge in [-0.1, -0.05) is 0 Å². The number of rotatable bonds is 1. The van der Waals surface area contributed by atoms with Crippen LogP contribution in [0.25, 0.3) is 0 Å². The van der Waals surface area contributed by atoms with E-state index < -0.39 is 0 Å². The van der Waals surface area contributed by atoms with Crippen LogP contribution in [0.15, 0.2) is 24.3 Å². The van der Waals surface area contributed by atoms with E-state index in [4.69, 9.17) is 0 Å². The molecule has 19 heavy (non-hydrogen) atoms. The lowest BCUT2D eigenvalue weighted by Gasteiger charge is -2.33. The number of hydrogen-bond acceptors (Lipinski definition) is 3. The summed E-state index contributed by atoms with van der Waals surface area (Å²) >= 11 is 0. The van der Waals surface area contributed by atoms with E-state index >= 15 is 0 Å². The van der Waals surface area contributed by atoms with E-state index in [0.717, 1.165) is 0 Å². The number of amides is 2. The standard InChI is InChI=1S/C13H15FN2O3/c1-19-13(18)16-8-6-15(7-9-16)12(17)10-2-4-11(14)5-3-10/h2-5H,6-9H2,1H3. The molecule has 0 bridgehead atoms. The van der Waals surface area contributed by atoms with Gasteiger partial charge in [0.05, 0.1) is 7.11 Å². The SMILES string of the molecule is COC(=O)N1CCN(C(=O)c2ccc(F)cc2)CC1. The van der Waals surface area contributed by atoms with Crippen LogP contribution < -0.4 is 0 Å². The van der Waals surface area contributed by atoms with Gasteiger partial charge in [-0.2, -0.15) is 0 Å². The number of benzene rings is 1. The quantitative estimate of drug-likeness (QED) is 0.771. The average molecular weight is 266 g/mol.